The first-order valence-corrected chi connectivity index (χ1v) is 30.4. The Balaban J connectivity index is 3.41. The molecule has 0 radical (unpaired) electrons. The number of carbonyl (C=O) groups is 2. The van der Waals surface area contributed by atoms with Gasteiger partial charge in [-0.15, -0.1) is 0 Å². The van der Waals surface area contributed by atoms with Gasteiger partial charge in [0.15, 0.2) is 0 Å². The second kappa shape index (κ2) is 57.2. The van der Waals surface area contributed by atoms with Crippen LogP contribution in [0.15, 0.2) is 12.2 Å². The highest BCUT2D eigenvalue weighted by Gasteiger charge is 2.20. The van der Waals surface area contributed by atoms with E-state index in [4.69, 9.17) is 4.74 Å². The molecule has 0 saturated heterocycles. The molecule has 2 atom stereocenters. The molecule has 0 aromatic carbocycles. The molecule has 0 aliphatic heterocycles. The van der Waals surface area contributed by atoms with E-state index < -0.39 is 12.1 Å². The molecular formula is C61H119NO5. The number of ether oxygens (including phenoxy) is 1. The normalized spacial score (nSPS) is 12.6. The molecule has 0 spiro atoms. The third-order valence-electron chi connectivity index (χ3n) is 14.3. The minimum Gasteiger partial charge on any atom is -0.466 e. The van der Waals surface area contributed by atoms with Crippen LogP contribution in [0.1, 0.15) is 341 Å². The van der Waals surface area contributed by atoms with Crippen LogP contribution in [0.4, 0.5) is 0 Å². The Morgan fingerprint density at radius 1 is 0.403 bits per heavy atom. The van der Waals surface area contributed by atoms with Crippen molar-refractivity contribution in [3.05, 3.63) is 12.2 Å². The van der Waals surface area contributed by atoms with Gasteiger partial charge in [-0.05, 0) is 51.4 Å². The second-order valence-electron chi connectivity index (χ2n) is 21.0. The summed E-state index contributed by atoms with van der Waals surface area (Å²) in [6.45, 7) is 4.97. The van der Waals surface area contributed by atoms with Crippen molar-refractivity contribution in [1.29, 1.82) is 0 Å². The predicted octanol–water partition coefficient (Wildman–Crippen LogP) is 18.9. The molecule has 0 saturated carbocycles. The first-order chi connectivity index (χ1) is 33.0. The average Bonchev–Trinajstić information content (AvgIpc) is 3.33. The van der Waals surface area contributed by atoms with Crippen LogP contribution < -0.4 is 5.32 Å². The molecule has 1 amide bonds. The standard InChI is InChI=1S/C61H119NO5/c1-3-5-7-9-11-13-15-17-26-29-33-37-41-45-49-53-59(64)58(57-63)62-60(65)54-50-46-42-38-34-30-27-24-22-20-19-21-23-25-28-32-36-40-44-48-52-56-67-61(66)55-51-47-43-39-35-31-18-16-14-12-10-8-6-4-2/h20,22,58-59,63-64H,3-19,21,23-57H2,1-2H3,(H,62,65)/b22-20-. The molecule has 0 rings (SSSR count). The van der Waals surface area contributed by atoms with Gasteiger partial charge in [0, 0.05) is 12.8 Å². The highest BCUT2D eigenvalue weighted by atomic mass is 16.5. The molecule has 0 fully saturated rings. The maximum Gasteiger partial charge on any atom is 0.305 e. The first-order valence-electron chi connectivity index (χ1n) is 30.4. The van der Waals surface area contributed by atoms with Gasteiger partial charge < -0.3 is 20.3 Å². The van der Waals surface area contributed by atoms with E-state index in [0.717, 1.165) is 38.5 Å². The summed E-state index contributed by atoms with van der Waals surface area (Å²) in [6.07, 6.45) is 67.8. The Morgan fingerprint density at radius 2 is 0.701 bits per heavy atom. The molecular weight excluding hydrogens is 827 g/mol. The molecule has 0 bridgehead atoms. The summed E-state index contributed by atoms with van der Waals surface area (Å²) >= 11 is 0. The number of aliphatic hydroxyl groups excluding tert-OH is 2. The molecule has 0 aliphatic carbocycles. The quantitative estimate of drug-likeness (QED) is 0.0321. The molecule has 6 nitrogen and oxygen atoms in total. The van der Waals surface area contributed by atoms with Crippen LogP contribution >= 0.6 is 0 Å². The first kappa shape index (κ1) is 65.6. The summed E-state index contributed by atoms with van der Waals surface area (Å²) < 4.78 is 5.48. The van der Waals surface area contributed by atoms with Crippen LogP contribution in [0.25, 0.3) is 0 Å². The van der Waals surface area contributed by atoms with E-state index in [-0.39, 0.29) is 18.5 Å². The van der Waals surface area contributed by atoms with Gasteiger partial charge in [0.05, 0.1) is 25.4 Å². The van der Waals surface area contributed by atoms with Gasteiger partial charge in [-0.2, -0.15) is 0 Å². The summed E-state index contributed by atoms with van der Waals surface area (Å²) in [5.41, 5.74) is 0. The third kappa shape index (κ3) is 53.8. The van der Waals surface area contributed by atoms with Crippen LogP contribution in [0, 0.1) is 0 Å². The van der Waals surface area contributed by atoms with Crippen molar-refractivity contribution in [2.45, 2.75) is 353 Å². The fraction of sp³-hybridized carbons (Fsp3) is 0.934. The van der Waals surface area contributed by atoms with E-state index in [0.29, 0.717) is 25.9 Å². The van der Waals surface area contributed by atoms with Crippen molar-refractivity contribution in [3.8, 4) is 0 Å². The highest BCUT2D eigenvalue weighted by molar-refractivity contribution is 5.76. The van der Waals surface area contributed by atoms with Gasteiger partial charge in [-0.25, -0.2) is 0 Å². The average molecular weight is 947 g/mol. The largest absolute Gasteiger partial charge is 0.466 e. The van der Waals surface area contributed by atoms with Crippen LogP contribution in [-0.4, -0.2) is 47.4 Å². The molecule has 0 heterocycles. The Bertz CT molecular complexity index is 1000. The number of unbranched alkanes of at least 4 members (excludes halogenated alkanes) is 44. The topological polar surface area (TPSA) is 95.9 Å². The minimum absolute atomic E-state index is 0.0111. The Morgan fingerprint density at radius 3 is 1.06 bits per heavy atom. The number of rotatable bonds is 57. The van der Waals surface area contributed by atoms with Gasteiger partial charge in [0.2, 0.25) is 5.91 Å². The number of allylic oxidation sites excluding steroid dienone is 2. The SMILES string of the molecule is CCCCCCCCCCCCCCCCCC(O)C(CO)NC(=O)CCCCCCCCC/C=C\CCCCCCCCCCCCOC(=O)CCCCCCCCCCCCCCCC. The minimum atomic E-state index is -0.668. The molecule has 3 N–H and O–H groups in total. The number of carbonyl (C=O) groups excluding carboxylic acids is 2. The van der Waals surface area contributed by atoms with Crippen LogP contribution in [0.5, 0.6) is 0 Å². The summed E-state index contributed by atoms with van der Waals surface area (Å²) in [7, 11) is 0. The van der Waals surface area contributed by atoms with Crippen molar-refractivity contribution in [2.24, 2.45) is 0 Å². The van der Waals surface area contributed by atoms with Crippen molar-refractivity contribution >= 4 is 11.9 Å². The number of amides is 1. The monoisotopic (exact) mass is 946 g/mol. The van der Waals surface area contributed by atoms with E-state index in [2.05, 4.69) is 31.3 Å². The summed E-state index contributed by atoms with van der Waals surface area (Å²) in [5, 5.41) is 23.3. The van der Waals surface area contributed by atoms with Crippen molar-refractivity contribution in [1.82, 2.24) is 5.32 Å². The summed E-state index contributed by atoms with van der Waals surface area (Å²) in [6, 6.07) is -0.546. The number of esters is 1. The lowest BCUT2D eigenvalue weighted by molar-refractivity contribution is -0.143. The van der Waals surface area contributed by atoms with Crippen molar-refractivity contribution in [2.75, 3.05) is 13.2 Å². The zero-order chi connectivity index (χ0) is 48.6. The fourth-order valence-corrected chi connectivity index (χ4v) is 9.64. The van der Waals surface area contributed by atoms with Crippen molar-refractivity contribution in [3.63, 3.8) is 0 Å². The number of aliphatic hydroxyl groups is 2. The molecule has 2 unspecified atom stereocenters. The second-order valence-corrected chi connectivity index (χ2v) is 21.0. The fourth-order valence-electron chi connectivity index (χ4n) is 9.64. The predicted molar refractivity (Wildman–Crippen MR) is 292 cm³/mol. The van der Waals surface area contributed by atoms with E-state index >= 15 is 0 Å². The Labute approximate surface area is 419 Å². The van der Waals surface area contributed by atoms with E-state index in [1.807, 2.05) is 0 Å². The molecule has 0 aromatic rings. The van der Waals surface area contributed by atoms with Gasteiger partial charge in [0.1, 0.15) is 0 Å². The van der Waals surface area contributed by atoms with Crippen LogP contribution in [0.3, 0.4) is 0 Å². The summed E-state index contributed by atoms with van der Waals surface area (Å²) in [4.78, 5) is 24.5. The molecule has 0 aromatic heterocycles. The Hall–Kier alpha value is -1.40. The van der Waals surface area contributed by atoms with Gasteiger partial charge in [0.25, 0.3) is 0 Å². The summed E-state index contributed by atoms with van der Waals surface area (Å²) in [5.74, 6) is -0.0294. The number of nitrogens with one attached hydrogen (secondary N) is 1. The zero-order valence-corrected chi connectivity index (χ0v) is 45.4. The molecule has 0 aliphatic rings. The third-order valence-corrected chi connectivity index (χ3v) is 14.3. The Kier molecular flexibility index (Phi) is 56.0. The molecule has 6 heteroatoms. The molecule has 398 valence electrons. The van der Waals surface area contributed by atoms with Gasteiger partial charge >= 0.3 is 5.97 Å². The maximum absolute atomic E-state index is 12.5. The van der Waals surface area contributed by atoms with Gasteiger partial charge in [-0.3, -0.25) is 9.59 Å². The smallest absolute Gasteiger partial charge is 0.305 e. The number of hydrogen-bond donors (Lipinski definition) is 3. The highest BCUT2D eigenvalue weighted by Crippen LogP contribution is 2.18. The van der Waals surface area contributed by atoms with Gasteiger partial charge in [-0.1, -0.05) is 289 Å². The van der Waals surface area contributed by atoms with E-state index in [1.165, 1.54) is 270 Å². The zero-order valence-electron chi connectivity index (χ0n) is 45.4. The van der Waals surface area contributed by atoms with E-state index in [9.17, 15) is 19.8 Å². The maximum atomic E-state index is 12.5. The van der Waals surface area contributed by atoms with Crippen LogP contribution in [0.2, 0.25) is 0 Å². The van der Waals surface area contributed by atoms with Crippen LogP contribution in [-0.2, 0) is 14.3 Å². The lowest BCUT2D eigenvalue weighted by atomic mass is 10.0. The van der Waals surface area contributed by atoms with Crippen molar-refractivity contribution < 1.29 is 24.5 Å². The molecule has 67 heavy (non-hydrogen) atoms. The lowest BCUT2D eigenvalue weighted by Gasteiger charge is -2.22. The van der Waals surface area contributed by atoms with E-state index in [1.54, 1.807) is 0 Å². The lowest BCUT2D eigenvalue weighted by Crippen LogP contribution is -2.45. The number of hydrogen-bond acceptors (Lipinski definition) is 5.